The third-order valence-corrected chi connectivity index (χ3v) is 17.5. The van der Waals surface area contributed by atoms with Crippen LogP contribution in [-0.4, -0.2) is 13.9 Å². The molecular weight excluding hydrogens is 970 g/mol. The zero-order valence-corrected chi connectivity index (χ0v) is 40.4. The maximum Gasteiger partial charge on any atom is 0.534 e. The number of benzene rings is 10. The standard InChI is InChI=1S/C59H35F3N2O3S4/c60-59(61,62)71(65,66)67-42-33-50-51-35-48(36-23-25-39(26-24-36)63(37-13-3-1-4-14-37)40-28-30-55-49(31-40)45-19-10-12-22-54(45)68-55)43-17-7-8-20-47(43)57(51)70-58(50)52(34-42)64(38-15-5-2-6-16-38)41-27-29-46-44-18-9-11-21-53(44)69-56(46)32-41/h1-35H. The molecule has 10 aromatic carbocycles. The van der Waals surface area contributed by atoms with Gasteiger partial charge in [0.25, 0.3) is 0 Å². The molecule has 0 aliphatic rings. The van der Waals surface area contributed by atoms with Gasteiger partial charge in [0.2, 0.25) is 0 Å². The molecule has 3 aromatic heterocycles. The number of halogens is 3. The number of anilines is 6. The number of fused-ring (bicyclic) bond motifs is 11. The lowest BCUT2D eigenvalue weighted by Gasteiger charge is -2.26. The first-order valence-electron chi connectivity index (χ1n) is 22.6. The Bertz CT molecular complexity index is 4340. The van der Waals surface area contributed by atoms with Gasteiger partial charge >= 0.3 is 15.6 Å². The summed E-state index contributed by atoms with van der Waals surface area (Å²) in [5.74, 6) is -0.456. The minimum Gasteiger partial charge on any atom is -0.376 e. The monoisotopic (exact) mass is 1000 g/mol. The molecule has 0 spiro atoms. The number of hydrogen-bond acceptors (Lipinski definition) is 8. The van der Waals surface area contributed by atoms with E-state index in [4.69, 9.17) is 4.18 Å². The van der Waals surface area contributed by atoms with Gasteiger partial charge in [-0.15, -0.1) is 34.0 Å². The second-order valence-corrected chi connectivity index (χ2v) is 21.9. The minimum atomic E-state index is -6.04. The topological polar surface area (TPSA) is 49.9 Å². The van der Waals surface area contributed by atoms with Crippen molar-refractivity contribution in [1.82, 2.24) is 0 Å². The second-order valence-electron chi connectivity index (χ2n) is 17.2. The highest BCUT2D eigenvalue weighted by Gasteiger charge is 2.48. The molecule has 13 rings (SSSR count). The number of thiophene rings is 3. The van der Waals surface area contributed by atoms with Gasteiger partial charge in [-0.2, -0.15) is 21.6 Å². The van der Waals surface area contributed by atoms with E-state index >= 15 is 0 Å². The average molecular weight is 1010 g/mol. The number of nitrogens with zero attached hydrogens (tertiary/aromatic N) is 2. The average Bonchev–Trinajstić information content (AvgIpc) is 4.08. The van der Waals surface area contributed by atoms with Crippen LogP contribution in [0.2, 0.25) is 0 Å². The van der Waals surface area contributed by atoms with E-state index in [0.29, 0.717) is 11.1 Å². The van der Waals surface area contributed by atoms with Crippen molar-refractivity contribution in [2.45, 2.75) is 5.51 Å². The molecule has 0 saturated heterocycles. The molecule has 0 radical (unpaired) electrons. The number of alkyl halides is 3. The van der Waals surface area contributed by atoms with Crippen LogP contribution in [0.25, 0.3) is 82.4 Å². The highest BCUT2D eigenvalue weighted by atomic mass is 32.2. The molecular formula is C59H35F3N2O3S4. The van der Waals surface area contributed by atoms with E-state index in [2.05, 4.69) is 126 Å². The third kappa shape index (κ3) is 7.36. The van der Waals surface area contributed by atoms with Crippen molar-refractivity contribution < 1.29 is 25.8 Å². The second kappa shape index (κ2) is 16.7. The zero-order chi connectivity index (χ0) is 48.0. The van der Waals surface area contributed by atoms with Crippen molar-refractivity contribution in [3.05, 3.63) is 212 Å². The Morgan fingerprint density at radius 1 is 0.380 bits per heavy atom. The van der Waals surface area contributed by atoms with Gasteiger partial charge in [-0.3, -0.25) is 0 Å². The van der Waals surface area contributed by atoms with Crippen LogP contribution < -0.4 is 14.0 Å². The molecule has 12 heteroatoms. The minimum absolute atomic E-state index is 0.456. The molecule has 0 saturated carbocycles. The summed E-state index contributed by atoms with van der Waals surface area (Å²) in [6, 6.07) is 70.6. The SMILES string of the molecule is O=S(=O)(Oc1cc(N(c2ccccc2)c2ccc3c(c2)sc2ccccc23)c2sc3c4ccccc4c(-c4ccc(N(c5ccccc5)c5ccc6sc7ccccc7c6c5)cc4)cc3c2c1)C(F)(F)F. The highest BCUT2D eigenvalue weighted by molar-refractivity contribution is 7.88. The van der Waals surface area contributed by atoms with Crippen molar-refractivity contribution in [3.63, 3.8) is 0 Å². The summed E-state index contributed by atoms with van der Waals surface area (Å²) >= 11 is 4.94. The molecule has 0 bridgehead atoms. The van der Waals surface area contributed by atoms with Crippen molar-refractivity contribution in [2.24, 2.45) is 0 Å². The van der Waals surface area contributed by atoms with Gasteiger partial charge in [0.1, 0.15) is 5.75 Å². The maximum atomic E-state index is 14.1. The van der Waals surface area contributed by atoms with Crippen molar-refractivity contribution in [3.8, 4) is 16.9 Å². The zero-order valence-electron chi connectivity index (χ0n) is 37.1. The van der Waals surface area contributed by atoms with Gasteiger partial charge in [0.05, 0.1) is 10.4 Å². The van der Waals surface area contributed by atoms with Gasteiger partial charge in [-0.05, 0) is 108 Å². The fourth-order valence-corrected chi connectivity index (χ4v) is 13.8. The quantitative estimate of drug-likeness (QED) is 0.107. The summed E-state index contributed by atoms with van der Waals surface area (Å²) in [6.45, 7) is 0. The van der Waals surface area contributed by atoms with Gasteiger partial charge in [-0.25, -0.2) is 0 Å². The highest BCUT2D eigenvalue weighted by Crippen LogP contribution is 2.51. The summed E-state index contributed by atoms with van der Waals surface area (Å²) < 4.78 is 79.3. The lowest BCUT2D eigenvalue weighted by molar-refractivity contribution is -0.0500. The van der Waals surface area contributed by atoms with Crippen LogP contribution >= 0.6 is 34.0 Å². The molecule has 0 amide bonds. The number of para-hydroxylation sites is 2. The molecule has 71 heavy (non-hydrogen) atoms. The molecule has 0 aliphatic heterocycles. The fraction of sp³-hybridized carbons (Fsp3) is 0.0169. The van der Waals surface area contributed by atoms with Crippen LogP contribution in [0.5, 0.6) is 5.75 Å². The number of rotatable bonds is 9. The Morgan fingerprint density at radius 2 is 0.887 bits per heavy atom. The first kappa shape index (κ1) is 43.3. The van der Waals surface area contributed by atoms with E-state index in [1.807, 2.05) is 83.8 Å². The molecule has 0 atom stereocenters. The van der Waals surface area contributed by atoms with Crippen molar-refractivity contribution in [2.75, 3.05) is 9.80 Å². The van der Waals surface area contributed by atoms with Crippen LogP contribution in [-0.2, 0) is 10.1 Å². The molecule has 0 fully saturated rings. The predicted octanol–water partition coefficient (Wildman–Crippen LogP) is 18.8. The first-order valence-corrected chi connectivity index (χ1v) is 26.5. The fourth-order valence-electron chi connectivity index (χ4n) is 9.81. The van der Waals surface area contributed by atoms with E-state index in [-0.39, 0.29) is 0 Å². The lowest BCUT2D eigenvalue weighted by Crippen LogP contribution is -2.28. The molecule has 0 N–H and O–H groups in total. The van der Waals surface area contributed by atoms with Gasteiger partial charge in [0, 0.05) is 95.7 Å². The van der Waals surface area contributed by atoms with E-state index in [1.165, 1.54) is 43.6 Å². The molecule has 344 valence electrons. The van der Waals surface area contributed by atoms with Crippen LogP contribution in [0.15, 0.2) is 212 Å². The van der Waals surface area contributed by atoms with Crippen LogP contribution in [0, 0.1) is 0 Å². The van der Waals surface area contributed by atoms with Crippen LogP contribution in [0.1, 0.15) is 0 Å². The summed E-state index contributed by atoms with van der Waals surface area (Å²) in [4.78, 5) is 4.21. The molecule has 5 nitrogen and oxygen atoms in total. The lowest BCUT2D eigenvalue weighted by atomic mass is 9.95. The van der Waals surface area contributed by atoms with E-state index in [1.54, 1.807) is 22.7 Å². The summed E-state index contributed by atoms with van der Waals surface area (Å²) in [5, 5.41) is 7.85. The van der Waals surface area contributed by atoms with Gasteiger partial charge < -0.3 is 14.0 Å². The Morgan fingerprint density at radius 3 is 1.58 bits per heavy atom. The Hall–Kier alpha value is -7.74. The van der Waals surface area contributed by atoms with E-state index in [0.717, 1.165) is 85.3 Å². The Balaban J connectivity index is 1.00. The Labute approximate surface area is 417 Å². The van der Waals surface area contributed by atoms with E-state index in [9.17, 15) is 21.6 Å². The van der Waals surface area contributed by atoms with Crippen molar-refractivity contribution in [1.29, 1.82) is 0 Å². The van der Waals surface area contributed by atoms with Gasteiger partial charge in [0.15, 0.2) is 0 Å². The van der Waals surface area contributed by atoms with Gasteiger partial charge in [-0.1, -0.05) is 115 Å². The predicted molar refractivity (Wildman–Crippen MR) is 293 cm³/mol. The van der Waals surface area contributed by atoms with E-state index < -0.39 is 21.4 Å². The maximum absolute atomic E-state index is 14.1. The molecule has 0 unspecified atom stereocenters. The van der Waals surface area contributed by atoms with Crippen LogP contribution in [0.3, 0.4) is 0 Å². The van der Waals surface area contributed by atoms with Crippen molar-refractivity contribution >= 4 is 150 Å². The third-order valence-electron chi connectivity index (χ3n) is 13.0. The normalized spacial score (nSPS) is 12.3. The first-order chi connectivity index (χ1) is 34.6. The largest absolute Gasteiger partial charge is 0.534 e. The molecule has 13 aromatic rings. The summed E-state index contributed by atoms with van der Waals surface area (Å²) in [6.07, 6.45) is 0. The van der Waals surface area contributed by atoms with Crippen LogP contribution in [0.4, 0.5) is 47.3 Å². The summed E-state index contributed by atoms with van der Waals surface area (Å²) in [7, 11) is -6.04. The number of hydrogen-bond donors (Lipinski definition) is 0. The molecule has 0 aliphatic carbocycles. The summed E-state index contributed by atoms with van der Waals surface area (Å²) in [5.41, 5.74) is 1.09. The Kier molecular flexibility index (Phi) is 10.2. The molecule has 3 heterocycles. The smallest absolute Gasteiger partial charge is 0.376 e.